The van der Waals surface area contributed by atoms with Crippen molar-refractivity contribution >= 4 is 0 Å². The van der Waals surface area contributed by atoms with Crippen LogP contribution in [0, 0.1) is 5.92 Å². The summed E-state index contributed by atoms with van der Waals surface area (Å²) in [5.74, 6) is 3.00. The van der Waals surface area contributed by atoms with Crippen molar-refractivity contribution in [2.45, 2.75) is 26.0 Å². The van der Waals surface area contributed by atoms with Crippen LogP contribution in [-0.2, 0) is 17.9 Å². The smallest absolute Gasteiger partial charge is 0.153 e. The average molecular weight is 357 g/mol. The topological polar surface area (TPSA) is 56.7 Å². The Morgan fingerprint density at radius 2 is 1.81 bits per heavy atom. The van der Waals surface area contributed by atoms with Crippen LogP contribution in [0.25, 0.3) is 0 Å². The second-order valence-corrected chi connectivity index (χ2v) is 6.67. The van der Waals surface area contributed by atoms with Gasteiger partial charge in [-0.2, -0.15) is 0 Å². The molecule has 2 heterocycles. The van der Waals surface area contributed by atoms with Gasteiger partial charge in [0, 0.05) is 44.1 Å². The van der Waals surface area contributed by atoms with E-state index < -0.39 is 0 Å². The van der Waals surface area contributed by atoms with Crippen LogP contribution in [0.1, 0.15) is 24.2 Å². The molecule has 0 aliphatic carbocycles. The molecular formula is C20H27N3O3. The summed E-state index contributed by atoms with van der Waals surface area (Å²) in [5, 5.41) is 0. The van der Waals surface area contributed by atoms with Crippen LogP contribution in [0.3, 0.4) is 0 Å². The first-order valence-corrected chi connectivity index (χ1v) is 9.04. The van der Waals surface area contributed by atoms with Crippen molar-refractivity contribution in [2.24, 2.45) is 5.92 Å². The summed E-state index contributed by atoms with van der Waals surface area (Å²) in [6.07, 6.45) is 6.20. The Bertz CT molecular complexity index is 661. The van der Waals surface area contributed by atoms with Gasteiger partial charge in [-0.1, -0.05) is 0 Å². The molecule has 0 radical (unpaired) electrons. The van der Waals surface area contributed by atoms with Gasteiger partial charge in [-0.25, -0.2) is 9.97 Å². The van der Waals surface area contributed by atoms with Crippen molar-refractivity contribution < 1.29 is 14.2 Å². The number of hydrogen-bond donors (Lipinski definition) is 0. The zero-order valence-corrected chi connectivity index (χ0v) is 15.6. The van der Waals surface area contributed by atoms with E-state index in [1.54, 1.807) is 14.2 Å². The number of likely N-dealkylation sites (tertiary alicyclic amines) is 1. The minimum Gasteiger partial charge on any atom is -0.497 e. The minimum atomic E-state index is 0.453. The maximum absolute atomic E-state index is 5.97. The first-order valence-electron chi connectivity index (χ1n) is 9.04. The van der Waals surface area contributed by atoms with Crippen LogP contribution >= 0.6 is 0 Å². The number of benzene rings is 1. The van der Waals surface area contributed by atoms with Crippen LogP contribution < -0.4 is 9.47 Å². The third-order valence-corrected chi connectivity index (χ3v) is 4.59. The molecule has 26 heavy (non-hydrogen) atoms. The van der Waals surface area contributed by atoms with E-state index in [9.17, 15) is 0 Å². The SMILES string of the molecule is COCc1ncc(CN2CCC[C@H](COc3ccc(OC)cc3)C2)cn1. The summed E-state index contributed by atoms with van der Waals surface area (Å²) >= 11 is 0. The van der Waals surface area contributed by atoms with E-state index in [4.69, 9.17) is 14.2 Å². The van der Waals surface area contributed by atoms with E-state index in [-0.39, 0.29) is 0 Å². The van der Waals surface area contributed by atoms with E-state index in [2.05, 4.69) is 14.9 Å². The molecule has 1 aromatic carbocycles. The summed E-state index contributed by atoms with van der Waals surface area (Å²) in [4.78, 5) is 11.1. The molecule has 0 saturated carbocycles. The van der Waals surface area contributed by atoms with Gasteiger partial charge in [0.15, 0.2) is 5.82 Å². The minimum absolute atomic E-state index is 0.453. The molecule has 0 unspecified atom stereocenters. The molecule has 1 atom stereocenters. The molecular weight excluding hydrogens is 330 g/mol. The second-order valence-electron chi connectivity index (χ2n) is 6.67. The quantitative estimate of drug-likeness (QED) is 0.724. The van der Waals surface area contributed by atoms with E-state index in [0.717, 1.165) is 49.1 Å². The lowest BCUT2D eigenvalue weighted by Gasteiger charge is -2.32. The van der Waals surface area contributed by atoms with E-state index in [0.29, 0.717) is 12.5 Å². The van der Waals surface area contributed by atoms with Crippen molar-refractivity contribution in [3.8, 4) is 11.5 Å². The normalized spacial score (nSPS) is 17.8. The Morgan fingerprint density at radius 1 is 1.08 bits per heavy atom. The number of aromatic nitrogens is 2. The average Bonchev–Trinajstić information content (AvgIpc) is 2.69. The third kappa shape index (κ3) is 5.41. The number of methoxy groups -OCH3 is 2. The Labute approximate surface area is 155 Å². The highest BCUT2D eigenvalue weighted by Gasteiger charge is 2.20. The Kier molecular flexibility index (Phi) is 6.80. The molecule has 2 aromatic rings. The highest BCUT2D eigenvalue weighted by molar-refractivity contribution is 5.31. The maximum Gasteiger partial charge on any atom is 0.153 e. The van der Waals surface area contributed by atoms with Gasteiger partial charge in [0.05, 0.1) is 13.7 Å². The summed E-state index contributed by atoms with van der Waals surface area (Å²) in [6, 6.07) is 7.77. The zero-order valence-electron chi connectivity index (χ0n) is 15.6. The zero-order chi connectivity index (χ0) is 18.2. The lowest BCUT2D eigenvalue weighted by Crippen LogP contribution is -2.37. The summed E-state index contributed by atoms with van der Waals surface area (Å²) in [6.45, 7) is 4.22. The maximum atomic E-state index is 5.97. The predicted molar refractivity (Wildman–Crippen MR) is 99.2 cm³/mol. The first-order chi connectivity index (χ1) is 12.8. The molecule has 6 heteroatoms. The molecule has 3 rings (SSSR count). The van der Waals surface area contributed by atoms with Crippen LogP contribution in [0.2, 0.25) is 0 Å². The fourth-order valence-corrected chi connectivity index (χ4v) is 3.24. The molecule has 0 bridgehead atoms. The van der Waals surface area contributed by atoms with Gasteiger partial charge in [0.2, 0.25) is 0 Å². The molecule has 6 nitrogen and oxygen atoms in total. The van der Waals surface area contributed by atoms with Crippen molar-refractivity contribution in [1.82, 2.24) is 14.9 Å². The van der Waals surface area contributed by atoms with Gasteiger partial charge in [0.1, 0.15) is 18.1 Å². The van der Waals surface area contributed by atoms with E-state index in [1.807, 2.05) is 36.7 Å². The number of piperidine rings is 1. The molecule has 1 aliphatic rings. The summed E-state index contributed by atoms with van der Waals surface area (Å²) in [5.41, 5.74) is 1.14. The molecule has 1 saturated heterocycles. The second kappa shape index (κ2) is 9.50. The van der Waals surface area contributed by atoms with E-state index >= 15 is 0 Å². The first kappa shape index (κ1) is 18.6. The third-order valence-electron chi connectivity index (χ3n) is 4.59. The van der Waals surface area contributed by atoms with Gasteiger partial charge in [-0.15, -0.1) is 0 Å². The molecule has 1 aromatic heterocycles. The molecule has 0 N–H and O–H groups in total. The van der Waals surface area contributed by atoms with E-state index in [1.165, 1.54) is 12.8 Å². The highest BCUT2D eigenvalue weighted by Crippen LogP contribution is 2.21. The van der Waals surface area contributed by atoms with Crippen molar-refractivity contribution in [2.75, 3.05) is 33.9 Å². The fourth-order valence-electron chi connectivity index (χ4n) is 3.24. The van der Waals surface area contributed by atoms with Crippen LogP contribution in [0.4, 0.5) is 0 Å². The standard InChI is InChI=1S/C20H27N3O3/c1-24-15-20-21-10-17(11-22-20)13-23-9-3-4-16(12-23)14-26-19-7-5-18(25-2)6-8-19/h5-8,10-11,16H,3-4,9,12-15H2,1-2H3/t16-/m0/s1. The molecule has 140 valence electrons. The number of hydrogen-bond acceptors (Lipinski definition) is 6. The van der Waals surface area contributed by atoms with Crippen molar-refractivity contribution in [3.05, 3.63) is 48.0 Å². The molecule has 1 fully saturated rings. The van der Waals surface area contributed by atoms with Gasteiger partial charge >= 0.3 is 0 Å². The monoisotopic (exact) mass is 357 g/mol. The number of rotatable bonds is 8. The molecule has 1 aliphatic heterocycles. The molecule has 0 amide bonds. The number of nitrogens with zero attached hydrogens (tertiary/aromatic N) is 3. The van der Waals surface area contributed by atoms with Gasteiger partial charge in [0.25, 0.3) is 0 Å². The number of ether oxygens (including phenoxy) is 3. The van der Waals surface area contributed by atoms with Gasteiger partial charge in [-0.3, -0.25) is 4.90 Å². The summed E-state index contributed by atoms with van der Waals surface area (Å²) < 4.78 is 16.2. The van der Waals surface area contributed by atoms with Crippen LogP contribution in [0.5, 0.6) is 11.5 Å². The Balaban J connectivity index is 1.47. The van der Waals surface area contributed by atoms with Gasteiger partial charge in [-0.05, 0) is 43.7 Å². The van der Waals surface area contributed by atoms with Crippen molar-refractivity contribution in [3.63, 3.8) is 0 Å². The lowest BCUT2D eigenvalue weighted by atomic mass is 9.98. The van der Waals surface area contributed by atoms with Gasteiger partial charge < -0.3 is 14.2 Å². The Hall–Kier alpha value is -2.18. The molecule has 0 spiro atoms. The predicted octanol–water partition coefficient (Wildman–Crippen LogP) is 2.92. The largest absolute Gasteiger partial charge is 0.497 e. The summed E-state index contributed by atoms with van der Waals surface area (Å²) in [7, 11) is 3.32. The highest BCUT2D eigenvalue weighted by atomic mass is 16.5. The van der Waals surface area contributed by atoms with Crippen molar-refractivity contribution in [1.29, 1.82) is 0 Å². The fraction of sp³-hybridized carbons (Fsp3) is 0.500. The van der Waals surface area contributed by atoms with Crippen LogP contribution in [0.15, 0.2) is 36.7 Å². The Morgan fingerprint density at radius 3 is 2.50 bits per heavy atom. The van der Waals surface area contributed by atoms with Crippen LogP contribution in [-0.4, -0.2) is 48.8 Å². The lowest BCUT2D eigenvalue weighted by molar-refractivity contribution is 0.125.